The van der Waals surface area contributed by atoms with Crippen LogP contribution in [0.5, 0.6) is 0 Å². The third-order valence-corrected chi connectivity index (χ3v) is 5.41. The molecule has 0 unspecified atom stereocenters. The molecule has 1 amide bonds. The average molecular weight is 402 g/mol. The van der Waals surface area contributed by atoms with Gasteiger partial charge in [-0.3, -0.25) is 4.79 Å². The van der Waals surface area contributed by atoms with E-state index in [2.05, 4.69) is 50.9 Å². The lowest BCUT2D eigenvalue weighted by atomic mass is 9.95. The third-order valence-electron chi connectivity index (χ3n) is 4.92. The fourth-order valence-corrected chi connectivity index (χ4v) is 4.09. The number of carbonyl (C=O) groups is 1. The second-order valence-electron chi connectivity index (χ2n) is 6.70. The van der Waals surface area contributed by atoms with Gasteiger partial charge in [0.2, 0.25) is 0 Å². The Hall–Kier alpha value is -1.88. The number of rotatable bonds is 4. The molecule has 3 rings (SSSR count). The van der Waals surface area contributed by atoms with Crippen LogP contribution in [0.1, 0.15) is 65.5 Å². The summed E-state index contributed by atoms with van der Waals surface area (Å²) in [4.78, 5) is 12.1. The minimum atomic E-state index is -0.210. The summed E-state index contributed by atoms with van der Waals surface area (Å²) in [5.74, 6) is -0.210. The monoisotopic (exact) mass is 401 g/mol. The predicted octanol–water partition coefficient (Wildman–Crippen LogP) is 5.14. The molecule has 1 aliphatic rings. The maximum Gasteiger partial charge on any atom is 0.271 e. The maximum atomic E-state index is 12.1. The fraction of sp³-hybridized carbons (Fsp3) is 0.400. The Morgan fingerprint density at radius 3 is 2.72 bits per heavy atom. The molecule has 0 aliphatic heterocycles. The molecule has 0 saturated heterocycles. The van der Waals surface area contributed by atoms with Crippen LogP contribution in [0.15, 0.2) is 39.9 Å². The lowest BCUT2D eigenvalue weighted by Gasteiger charge is -2.26. The van der Waals surface area contributed by atoms with E-state index < -0.39 is 0 Å². The number of halogens is 1. The van der Waals surface area contributed by atoms with Crippen LogP contribution in [0.2, 0.25) is 0 Å². The first kappa shape index (κ1) is 17.9. The Morgan fingerprint density at radius 1 is 1.24 bits per heavy atom. The molecule has 0 radical (unpaired) electrons. The van der Waals surface area contributed by atoms with Crippen LogP contribution in [0, 0.1) is 13.8 Å². The molecule has 25 heavy (non-hydrogen) atoms. The molecule has 1 N–H and O–H groups in total. The van der Waals surface area contributed by atoms with Gasteiger partial charge >= 0.3 is 0 Å². The van der Waals surface area contributed by atoms with Crippen molar-refractivity contribution in [2.45, 2.75) is 52.0 Å². The number of nitrogens with one attached hydrogen (secondary N) is 1. The zero-order valence-corrected chi connectivity index (χ0v) is 16.3. The van der Waals surface area contributed by atoms with E-state index in [9.17, 15) is 4.79 Å². The van der Waals surface area contributed by atoms with Crippen molar-refractivity contribution in [1.82, 2.24) is 9.99 Å². The van der Waals surface area contributed by atoms with Gasteiger partial charge in [0, 0.05) is 33.0 Å². The van der Waals surface area contributed by atoms with Crippen LogP contribution in [0.25, 0.3) is 0 Å². The Labute approximate surface area is 157 Å². The van der Waals surface area contributed by atoms with E-state index in [0.717, 1.165) is 10.0 Å². The Balaban J connectivity index is 1.70. The van der Waals surface area contributed by atoms with Crippen molar-refractivity contribution >= 4 is 28.1 Å². The Kier molecular flexibility index (Phi) is 5.74. The van der Waals surface area contributed by atoms with Crippen LogP contribution in [0.3, 0.4) is 0 Å². The van der Waals surface area contributed by atoms with Gasteiger partial charge < -0.3 is 4.57 Å². The van der Waals surface area contributed by atoms with Crippen molar-refractivity contribution in [2.75, 3.05) is 0 Å². The number of hydrazone groups is 1. The number of carbonyl (C=O) groups excluding carboxylic acids is 1. The molecular formula is C20H24BrN3O. The molecule has 0 spiro atoms. The Morgan fingerprint density at radius 2 is 2.00 bits per heavy atom. The number of amides is 1. The highest BCUT2D eigenvalue weighted by molar-refractivity contribution is 9.10. The van der Waals surface area contributed by atoms with Gasteiger partial charge in [-0.2, -0.15) is 5.10 Å². The molecule has 132 valence electrons. The highest BCUT2D eigenvalue weighted by Crippen LogP contribution is 2.31. The van der Waals surface area contributed by atoms with Crippen molar-refractivity contribution in [2.24, 2.45) is 5.10 Å². The minimum absolute atomic E-state index is 0.210. The van der Waals surface area contributed by atoms with Gasteiger partial charge in [-0.25, -0.2) is 5.43 Å². The van der Waals surface area contributed by atoms with E-state index in [-0.39, 0.29) is 5.91 Å². The summed E-state index contributed by atoms with van der Waals surface area (Å²) in [7, 11) is 0. The first-order chi connectivity index (χ1) is 12.1. The normalized spacial score (nSPS) is 15.6. The number of benzene rings is 1. The fourth-order valence-electron chi connectivity index (χ4n) is 3.69. The predicted molar refractivity (Wildman–Crippen MR) is 105 cm³/mol. The maximum absolute atomic E-state index is 12.1. The Bertz CT molecular complexity index is 788. The van der Waals surface area contributed by atoms with Crippen LogP contribution in [-0.2, 0) is 0 Å². The standard InChI is InChI=1S/C20H24BrN3O/c1-14-11-17(15(2)24(14)19-9-4-3-5-10-19)13-22-23-20(25)16-7-6-8-18(21)12-16/h6-8,11-13,19H,3-5,9-10H2,1-2H3,(H,23,25). The molecule has 0 bridgehead atoms. The van der Waals surface area contributed by atoms with Crippen molar-refractivity contribution in [3.63, 3.8) is 0 Å². The summed E-state index contributed by atoms with van der Waals surface area (Å²) in [5.41, 5.74) is 6.75. The smallest absolute Gasteiger partial charge is 0.271 e. The van der Waals surface area contributed by atoms with Crippen molar-refractivity contribution < 1.29 is 4.79 Å². The lowest BCUT2D eigenvalue weighted by molar-refractivity contribution is 0.0955. The molecule has 1 saturated carbocycles. The number of hydrogen-bond donors (Lipinski definition) is 1. The molecule has 1 aliphatic carbocycles. The van der Waals surface area contributed by atoms with Crippen LogP contribution < -0.4 is 5.43 Å². The topological polar surface area (TPSA) is 46.4 Å². The van der Waals surface area contributed by atoms with E-state index in [1.165, 1.54) is 43.5 Å². The summed E-state index contributed by atoms with van der Waals surface area (Å²) in [6, 6.07) is 10.0. The summed E-state index contributed by atoms with van der Waals surface area (Å²) in [5, 5.41) is 4.15. The van der Waals surface area contributed by atoms with E-state index in [1.54, 1.807) is 18.3 Å². The first-order valence-electron chi connectivity index (χ1n) is 8.83. The van der Waals surface area contributed by atoms with Gasteiger partial charge in [-0.1, -0.05) is 41.3 Å². The van der Waals surface area contributed by atoms with E-state index in [4.69, 9.17) is 0 Å². The van der Waals surface area contributed by atoms with Crippen LogP contribution >= 0.6 is 15.9 Å². The van der Waals surface area contributed by atoms with Crippen molar-refractivity contribution in [3.8, 4) is 0 Å². The highest BCUT2D eigenvalue weighted by atomic mass is 79.9. The largest absolute Gasteiger partial charge is 0.345 e. The van der Waals surface area contributed by atoms with Gasteiger partial charge in [-0.05, 0) is 51.0 Å². The van der Waals surface area contributed by atoms with Crippen LogP contribution in [0.4, 0.5) is 0 Å². The summed E-state index contributed by atoms with van der Waals surface area (Å²) < 4.78 is 3.32. The molecule has 1 aromatic carbocycles. The second kappa shape index (κ2) is 8.00. The number of aryl methyl sites for hydroxylation is 1. The zero-order chi connectivity index (χ0) is 17.8. The van der Waals surface area contributed by atoms with E-state index in [1.807, 2.05) is 12.1 Å². The van der Waals surface area contributed by atoms with Gasteiger partial charge in [0.25, 0.3) is 5.91 Å². The molecule has 4 nitrogen and oxygen atoms in total. The molecular weight excluding hydrogens is 378 g/mol. The lowest BCUT2D eigenvalue weighted by Crippen LogP contribution is -2.17. The van der Waals surface area contributed by atoms with Crippen molar-refractivity contribution in [3.05, 3.63) is 57.3 Å². The SMILES string of the molecule is Cc1cc(C=NNC(=O)c2cccc(Br)c2)c(C)n1C1CCCCC1. The zero-order valence-electron chi connectivity index (χ0n) is 14.8. The average Bonchev–Trinajstić information content (AvgIpc) is 2.89. The minimum Gasteiger partial charge on any atom is -0.345 e. The second-order valence-corrected chi connectivity index (χ2v) is 7.61. The van der Waals surface area contributed by atoms with E-state index >= 15 is 0 Å². The summed E-state index contributed by atoms with van der Waals surface area (Å²) >= 11 is 3.37. The number of aromatic nitrogens is 1. The quantitative estimate of drug-likeness (QED) is 0.559. The first-order valence-corrected chi connectivity index (χ1v) is 9.63. The number of hydrogen-bond acceptors (Lipinski definition) is 2. The van der Waals surface area contributed by atoms with Gasteiger partial charge in [0.05, 0.1) is 6.21 Å². The van der Waals surface area contributed by atoms with Gasteiger partial charge in [-0.15, -0.1) is 0 Å². The number of nitrogens with zero attached hydrogens (tertiary/aromatic N) is 2. The summed E-state index contributed by atoms with van der Waals surface area (Å²) in [6.07, 6.45) is 8.24. The third kappa shape index (κ3) is 4.21. The molecule has 0 atom stereocenters. The van der Waals surface area contributed by atoms with Gasteiger partial charge in [0.15, 0.2) is 0 Å². The molecule has 1 fully saturated rings. The molecule has 5 heteroatoms. The molecule has 2 aromatic rings. The van der Waals surface area contributed by atoms with E-state index in [0.29, 0.717) is 11.6 Å². The molecule has 1 heterocycles. The van der Waals surface area contributed by atoms with Gasteiger partial charge in [0.1, 0.15) is 0 Å². The van der Waals surface area contributed by atoms with Crippen molar-refractivity contribution in [1.29, 1.82) is 0 Å². The molecule has 1 aromatic heterocycles. The highest BCUT2D eigenvalue weighted by Gasteiger charge is 2.19. The van der Waals surface area contributed by atoms with Crippen LogP contribution in [-0.4, -0.2) is 16.7 Å². The summed E-state index contributed by atoms with van der Waals surface area (Å²) in [6.45, 7) is 4.29.